The van der Waals surface area contributed by atoms with Crippen molar-refractivity contribution >= 4 is 0 Å². The average molecular weight is 217 g/mol. The summed E-state index contributed by atoms with van der Waals surface area (Å²) in [7, 11) is 1.72. The molecule has 0 aliphatic rings. The fourth-order valence-electron chi connectivity index (χ4n) is 1.72. The van der Waals surface area contributed by atoms with Gasteiger partial charge in [0.1, 0.15) is 6.26 Å². The van der Waals surface area contributed by atoms with Gasteiger partial charge in [0.25, 0.3) is 0 Å². The van der Waals surface area contributed by atoms with Crippen molar-refractivity contribution < 1.29 is 9.26 Å². The van der Waals surface area contributed by atoms with Crippen molar-refractivity contribution in [3.8, 4) is 11.1 Å². The molecular weight excluding hydrogens is 202 g/mol. The fraction of sp³-hybridized carbons (Fsp3) is 0.308. The number of nitrogens with zero attached hydrogens (tertiary/aromatic N) is 1. The lowest BCUT2D eigenvalue weighted by molar-refractivity contribution is 0.184. The van der Waals surface area contributed by atoms with E-state index >= 15 is 0 Å². The summed E-state index contributed by atoms with van der Waals surface area (Å²) in [4.78, 5) is 0. The lowest BCUT2D eigenvalue weighted by Crippen LogP contribution is -2.01. The highest BCUT2D eigenvalue weighted by Gasteiger charge is 2.07. The van der Waals surface area contributed by atoms with Gasteiger partial charge in [-0.2, -0.15) is 0 Å². The van der Waals surface area contributed by atoms with Gasteiger partial charge in [0.05, 0.1) is 12.8 Å². The van der Waals surface area contributed by atoms with E-state index in [4.69, 9.17) is 9.26 Å². The zero-order valence-electron chi connectivity index (χ0n) is 9.51. The van der Waals surface area contributed by atoms with E-state index in [1.165, 1.54) is 5.56 Å². The summed E-state index contributed by atoms with van der Waals surface area (Å²) in [6.45, 7) is 2.88. The second-order valence-electron chi connectivity index (χ2n) is 3.89. The summed E-state index contributed by atoms with van der Waals surface area (Å²) in [6.07, 6.45) is 3.38. The summed E-state index contributed by atoms with van der Waals surface area (Å²) >= 11 is 0. The van der Waals surface area contributed by atoms with Gasteiger partial charge in [0.15, 0.2) is 0 Å². The van der Waals surface area contributed by atoms with E-state index in [0.29, 0.717) is 5.92 Å². The Balaban J connectivity index is 2.26. The Hall–Kier alpha value is -1.61. The predicted octanol–water partition coefficient (Wildman–Crippen LogP) is 3.09. The highest BCUT2D eigenvalue weighted by Crippen LogP contribution is 2.23. The van der Waals surface area contributed by atoms with Gasteiger partial charge in [-0.05, 0) is 11.1 Å². The molecule has 0 N–H and O–H groups in total. The maximum absolute atomic E-state index is 5.16. The molecule has 84 valence electrons. The van der Waals surface area contributed by atoms with Crippen molar-refractivity contribution in [2.75, 3.05) is 13.7 Å². The molecule has 0 fully saturated rings. The van der Waals surface area contributed by atoms with Gasteiger partial charge in [-0.3, -0.25) is 0 Å². The predicted molar refractivity (Wildman–Crippen MR) is 62.2 cm³/mol. The number of hydrogen-bond donors (Lipinski definition) is 0. The molecular formula is C13H15NO2. The molecule has 3 heteroatoms. The second-order valence-corrected chi connectivity index (χ2v) is 3.89. The van der Waals surface area contributed by atoms with Crippen LogP contribution in [-0.4, -0.2) is 18.9 Å². The molecule has 0 aliphatic heterocycles. The summed E-state index contributed by atoms with van der Waals surface area (Å²) in [5.41, 5.74) is 3.40. The van der Waals surface area contributed by atoms with Crippen molar-refractivity contribution in [1.29, 1.82) is 0 Å². The van der Waals surface area contributed by atoms with Gasteiger partial charge in [-0.25, -0.2) is 0 Å². The van der Waals surface area contributed by atoms with E-state index in [-0.39, 0.29) is 0 Å². The molecule has 1 aromatic carbocycles. The Labute approximate surface area is 95.0 Å². The van der Waals surface area contributed by atoms with Crippen LogP contribution in [0.4, 0.5) is 0 Å². The van der Waals surface area contributed by atoms with Crippen molar-refractivity contribution in [3.63, 3.8) is 0 Å². The monoisotopic (exact) mass is 217 g/mol. The molecule has 0 saturated heterocycles. The highest BCUT2D eigenvalue weighted by molar-refractivity contribution is 5.62. The zero-order valence-corrected chi connectivity index (χ0v) is 9.51. The Morgan fingerprint density at radius 1 is 1.38 bits per heavy atom. The van der Waals surface area contributed by atoms with Crippen LogP contribution in [0.25, 0.3) is 11.1 Å². The maximum atomic E-state index is 5.16. The van der Waals surface area contributed by atoms with Crippen LogP contribution in [0.15, 0.2) is 41.2 Å². The summed E-state index contributed by atoms with van der Waals surface area (Å²) in [5, 5.41) is 3.71. The Morgan fingerprint density at radius 3 is 2.94 bits per heavy atom. The third kappa shape index (κ3) is 2.31. The van der Waals surface area contributed by atoms with Gasteiger partial charge in [-0.15, -0.1) is 0 Å². The van der Waals surface area contributed by atoms with Crippen molar-refractivity contribution in [2.24, 2.45) is 0 Å². The molecule has 0 aliphatic carbocycles. The Bertz CT molecular complexity index is 437. The van der Waals surface area contributed by atoms with E-state index in [0.717, 1.165) is 17.7 Å². The quantitative estimate of drug-likeness (QED) is 0.789. The molecule has 1 unspecified atom stereocenters. The molecule has 0 saturated carbocycles. The lowest BCUT2D eigenvalue weighted by atomic mass is 9.98. The number of benzene rings is 1. The normalized spacial score (nSPS) is 12.6. The van der Waals surface area contributed by atoms with E-state index in [1.54, 1.807) is 19.6 Å². The van der Waals surface area contributed by atoms with Crippen LogP contribution < -0.4 is 0 Å². The SMILES string of the molecule is COCC(C)c1cccc(-c2cnoc2)c1. The molecule has 0 bridgehead atoms. The lowest BCUT2D eigenvalue weighted by Gasteiger charge is -2.11. The maximum Gasteiger partial charge on any atom is 0.131 e. The first kappa shape index (κ1) is 10.9. The third-order valence-electron chi connectivity index (χ3n) is 2.64. The van der Waals surface area contributed by atoms with Crippen molar-refractivity contribution in [1.82, 2.24) is 5.16 Å². The van der Waals surface area contributed by atoms with Crippen LogP contribution >= 0.6 is 0 Å². The summed E-state index contributed by atoms with van der Waals surface area (Å²) < 4.78 is 10.00. The van der Waals surface area contributed by atoms with Crippen LogP contribution in [0, 0.1) is 0 Å². The van der Waals surface area contributed by atoms with E-state index in [1.807, 2.05) is 6.07 Å². The van der Waals surface area contributed by atoms with Crippen LogP contribution in [0.5, 0.6) is 0 Å². The molecule has 2 aromatic rings. The van der Waals surface area contributed by atoms with Crippen LogP contribution in [0.1, 0.15) is 18.4 Å². The molecule has 2 rings (SSSR count). The molecule has 0 spiro atoms. The minimum absolute atomic E-state index is 0.393. The average Bonchev–Trinajstić information content (AvgIpc) is 2.83. The van der Waals surface area contributed by atoms with Gasteiger partial charge in [-0.1, -0.05) is 36.3 Å². The fourth-order valence-corrected chi connectivity index (χ4v) is 1.72. The van der Waals surface area contributed by atoms with Crippen molar-refractivity contribution in [3.05, 3.63) is 42.3 Å². The second kappa shape index (κ2) is 4.94. The molecule has 0 amide bonds. The van der Waals surface area contributed by atoms with Gasteiger partial charge >= 0.3 is 0 Å². The van der Waals surface area contributed by atoms with Crippen LogP contribution in [0.2, 0.25) is 0 Å². The first-order chi connectivity index (χ1) is 7.81. The third-order valence-corrected chi connectivity index (χ3v) is 2.64. The zero-order chi connectivity index (χ0) is 11.4. The van der Waals surface area contributed by atoms with Gasteiger partial charge in [0, 0.05) is 18.6 Å². The number of ether oxygens (including phenoxy) is 1. The van der Waals surface area contributed by atoms with Gasteiger partial charge in [0.2, 0.25) is 0 Å². The van der Waals surface area contributed by atoms with E-state index < -0.39 is 0 Å². The molecule has 3 nitrogen and oxygen atoms in total. The van der Waals surface area contributed by atoms with Gasteiger partial charge < -0.3 is 9.26 Å². The Kier molecular flexibility index (Phi) is 3.37. The Morgan fingerprint density at radius 2 is 2.25 bits per heavy atom. The molecule has 16 heavy (non-hydrogen) atoms. The minimum Gasteiger partial charge on any atom is -0.384 e. The number of rotatable bonds is 4. The topological polar surface area (TPSA) is 35.3 Å². The minimum atomic E-state index is 0.393. The molecule has 1 heterocycles. The summed E-state index contributed by atoms with van der Waals surface area (Å²) in [5.74, 6) is 0.393. The molecule has 1 atom stereocenters. The molecule has 0 radical (unpaired) electrons. The largest absolute Gasteiger partial charge is 0.384 e. The number of aromatic nitrogens is 1. The summed E-state index contributed by atoms with van der Waals surface area (Å²) in [6, 6.07) is 8.36. The number of hydrogen-bond acceptors (Lipinski definition) is 3. The van der Waals surface area contributed by atoms with E-state index in [9.17, 15) is 0 Å². The highest BCUT2D eigenvalue weighted by atomic mass is 16.5. The van der Waals surface area contributed by atoms with Crippen LogP contribution in [0.3, 0.4) is 0 Å². The molecule has 1 aromatic heterocycles. The van der Waals surface area contributed by atoms with Crippen LogP contribution in [-0.2, 0) is 4.74 Å². The first-order valence-electron chi connectivity index (χ1n) is 5.30. The smallest absolute Gasteiger partial charge is 0.131 e. The number of methoxy groups -OCH3 is 1. The standard InChI is InChI=1S/C13H15NO2/c1-10(8-15-2)11-4-3-5-12(6-11)13-7-14-16-9-13/h3-7,9-10H,8H2,1-2H3. The van der Waals surface area contributed by atoms with E-state index in [2.05, 4.69) is 30.3 Å². The van der Waals surface area contributed by atoms with Crippen molar-refractivity contribution in [2.45, 2.75) is 12.8 Å². The first-order valence-corrected chi connectivity index (χ1v) is 5.30.